The fourth-order valence-electron chi connectivity index (χ4n) is 0.992. The Balaban J connectivity index is 3.01. The number of nitrogens with zero attached hydrogens (tertiary/aromatic N) is 1. The van der Waals surface area contributed by atoms with Crippen LogP contribution in [0.2, 0.25) is 0 Å². The van der Waals surface area contributed by atoms with Gasteiger partial charge in [-0.2, -0.15) is 8.42 Å². The third kappa shape index (κ3) is 2.44. The number of hydrogen-bond acceptors (Lipinski definition) is 4. The lowest BCUT2D eigenvalue weighted by Crippen LogP contribution is -2.30. The van der Waals surface area contributed by atoms with E-state index >= 15 is 0 Å². The fraction of sp³-hybridized carbons (Fsp3) is 0.250. The molecule has 0 saturated carbocycles. The number of nitrogens with two attached hydrogens (primary N) is 1. The van der Waals surface area contributed by atoms with Gasteiger partial charge in [0, 0.05) is 6.54 Å². The van der Waals surface area contributed by atoms with E-state index in [2.05, 4.69) is 0 Å². The standard InChI is InChI=1S/C8H12N2O3S/c1-2-10(9)7-3-5-8(6-4-7)14(11,12)13/h3-6H,2,9H2,1H3,(H,11,12,13). The summed E-state index contributed by atoms with van der Waals surface area (Å²) in [5.41, 5.74) is 0.694. The lowest BCUT2D eigenvalue weighted by Gasteiger charge is -2.15. The lowest BCUT2D eigenvalue weighted by molar-refractivity contribution is 0.483. The summed E-state index contributed by atoms with van der Waals surface area (Å²) in [5.74, 6) is 5.57. The van der Waals surface area contributed by atoms with Crippen molar-refractivity contribution in [1.82, 2.24) is 0 Å². The number of anilines is 1. The zero-order valence-corrected chi connectivity index (χ0v) is 8.53. The minimum atomic E-state index is -4.11. The molecule has 0 aliphatic heterocycles. The van der Waals surface area contributed by atoms with Crippen LogP contribution >= 0.6 is 0 Å². The van der Waals surface area contributed by atoms with Crippen LogP contribution < -0.4 is 10.9 Å². The summed E-state index contributed by atoms with van der Waals surface area (Å²) in [5, 5.41) is 1.47. The van der Waals surface area contributed by atoms with Crippen LogP contribution in [-0.2, 0) is 10.1 Å². The predicted octanol–water partition coefficient (Wildman–Crippen LogP) is 0.633. The summed E-state index contributed by atoms with van der Waals surface area (Å²) < 4.78 is 30.1. The molecule has 0 fully saturated rings. The van der Waals surface area contributed by atoms with Gasteiger partial charge in [-0.05, 0) is 31.2 Å². The van der Waals surface area contributed by atoms with Crippen molar-refractivity contribution in [3.63, 3.8) is 0 Å². The molecule has 14 heavy (non-hydrogen) atoms. The van der Waals surface area contributed by atoms with Crippen molar-refractivity contribution in [3.05, 3.63) is 24.3 Å². The molecule has 1 aromatic carbocycles. The summed E-state index contributed by atoms with van der Waals surface area (Å²) in [6.07, 6.45) is 0. The minimum absolute atomic E-state index is 0.134. The van der Waals surface area contributed by atoms with Crippen molar-refractivity contribution in [1.29, 1.82) is 0 Å². The summed E-state index contributed by atoms with van der Waals surface area (Å²) in [6, 6.07) is 5.68. The molecule has 0 amide bonds. The van der Waals surface area contributed by atoms with E-state index in [1.165, 1.54) is 29.3 Å². The molecule has 5 nitrogen and oxygen atoms in total. The predicted molar refractivity (Wildman–Crippen MR) is 53.5 cm³/mol. The van der Waals surface area contributed by atoms with Crippen LogP contribution in [0.5, 0.6) is 0 Å². The van der Waals surface area contributed by atoms with E-state index in [0.29, 0.717) is 12.2 Å². The van der Waals surface area contributed by atoms with Crippen LogP contribution in [0, 0.1) is 0 Å². The topological polar surface area (TPSA) is 83.6 Å². The first-order valence-corrected chi connectivity index (χ1v) is 5.49. The maximum Gasteiger partial charge on any atom is 0.294 e. The molecule has 78 valence electrons. The Labute approximate surface area is 82.9 Å². The minimum Gasteiger partial charge on any atom is -0.311 e. The average Bonchev–Trinajstić information content (AvgIpc) is 2.15. The van der Waals surface area contributed by atoms with Crippen molar-refractivity contribution in [2.45, 2.75) is 11.8 Å². The van der Waals surface area contributed by atoms with Crippen LogP contribution in [0.4, 0.5) is 5.69 Å². The van der Waals surface area contributed by atoms with Crippen molar-refractivity contribution in [2.24, 2.45) is 5.84 Å². The van der Waals surface area contributed by atoms with Gasteiger partial charge in [0.05, 0.1) is 10.6 Å². The Bertz CT molecular complexity index is 399. The molecule has 0 aliphatic carbocycles. The Kier molecular flexibility index (Phi) is 3.10. The van der Waals surface area contributed by atoms with Crippen LogP contribution in [0.15, 0.2) is 29.2 Å². The summed E-state index contributed by atoms with van der Waals surface area (Å²) in [6.45, 7) is 2.49. The zero-order chi connectivity index (χ0) is 10.8. The van der Waals surface area contributed by atoms with Crippen molar-refractivity contribution in [3.8, 4) is 0 Å². The molecule has 0 radical (unpaired) electrons. The van der Waals surface area contributed by atoms with Crippen molar-refractivity contribution >= 4 is 15.8 Å². The SMILES string of the molecule is CCN(N)c1ccc(S(=O)(=O)O)cc1. The highest BCUT2D eigenvalue weighted by atomic mass is 32.2. The van der Waals surface area contributed by atoms with E-state index in [1.807, 2.05) is 6.92 Å². The largest absolute Gasteiger partial charge is 0.311 e. The van der Waals surface area contributed by atoms with Crippen molar-refractivity contribution in [2.75, 3.05) is 11.6 Å². The molecule has 3 N–H and O–H groups in total. The van der Waals surface area contributed by atoms with Crippen LogP contribution in [0.25, 0.3) is 0 Å². The molecule has 1 aromatic rings. The molecule has 1 rings (SSSR count). The fourth-order valence-corrected chi connectivity index (χ4v) is 1.47. The molecule has 0 saturated heterocycles. The highest BCUT2D eigenvalue weighted by molar-refractivity contribution is 7.85. The van der Waals surface area contributed by atoms with Gasteiger partial charge in [0.1, 0.15) is 0 Å². The van der Waals surface area contributed by atoms with E-state index in [0.717, 1.165) is 0 Å². The first kappa shape index (κ1) is 11.0. The van der Waals surface area contributed by atoms with Gasteiger partial charge >= 0.3 is 0 Å². The number of rotatable bonds is 3. The van der Waals surface area contributed by atoms with E-state index < -0.39 is 10.1 Å². The molecule has 0 aliphatic rings. The highest BCUT2D eigenvalue weighted by Gasteiger charge is 2.08. The van der Waals surface area contributed by atoms with Gasteiger partial charge in [0.2, 0.25) is 0 Å². The maximum atomic E-state index is 10.7. The van der Waals surface area contributed by atoms with Gasteiger partial charge < -0.3 is 5.01 Å². The van der Waals surface area contributed by atoms with E-state index in [9.17, 15) is 8.42 Å². The van der Waals surface area contributed by atoms with Gasteiger partial charge in [0.15, 0.2) is 0 Å². The smallest absolute Gasteiger partial charge is 0.294 e. The Morgan fingerprint density at radius 2 is 1.86 bits per heavy atom. The normalized spacial score (nSPS) is 11.4. The molecule has 6 heteroatoms. The van der Waals surface area contributed by atoms with Crippen LogP contribution in [0.1, 0.15) is 6.92 Å². The first-order valence-electron chi connectivity index (χ1n) is 4.05. The molecule has 0 heterocycles. The summed E-state index contributed by atoms with van der Waals surface area (Å²) in [7, 11) is -4.11. The van der Waals surface area contributed by atoms with Gasteiger partial charge in [0.25, 0.3) is 10.1 Å². The van der Waals surface area contributed by atoms with Gasteiger partial charge in [-0.1, -0.05) is 0 Å². The van der Waals surface area contributed by atoms with E-state index in [-0.39, 0.29) is 4.90 Å². The first-order chi connectivity index (χ1) is 6.45. The molecular weight excluding hydrogens is 204 g/mol. The van der Waals surface area contributed by atoms with Crippen molar-refractivity contribution < 1.29 is 13.0 Å². The van der Waals surface area contributed by atoms with Crippen LogP contribution in [-0.4, -0.2) is 19.5 Å². The van der Waals surface area contributed by atoms with Crippen LogP contribution in [0.3, 0.4) is 0 Å². The Morgan fingerprint density at radius 3 is 2.21 bits per heavy atom. The molecule has 0 aromatic heterocycles. The maximum absolute atomic E-state index is 10.7. The quantitative estimate of drug-likeness (QED) is 0.440. The average molecular weight is 216 g/mol. The monoisotopic (exact) mass is 216 g/mol. The molecule has 0 spiro atoms. The second-order valence-electron chi connectivity index (χ2n) is 2.75. The second-order valence-corrected chi connectivity index (χ2v) is 4.18. The molecule has 0 bridgehead atoms. The molecule has 0 unspecified atom stereocenters. The number of hydrogen-bond donors (Lipinski definition) is 2. The van der Waals surface area contributed by atoms with Gasteiger partial charge in [-0.25, -0.2) is 5.84 Å². The third-order valence-corrected chi connectivity index (χ3v) is 2.67. The summed E-state index contributed by atoms with van der Waals surface area (Å²) in [4.78, 5) is -0.134. The highest BCUT2D eigenvalue weighted by Crippen LogP contribution is 2.15. The molecular formula is C8H12N2O3S. The summed E-state index contributed by atoms with van der Waals surface area (Å²) >= 11 is 0. The third-order valence-electron chi connectivity index (χ3n) is 1.81. The zero-order valence-electron chi connectivity index (χ0n) is 7.71. The number of hydrazine groups is 1. The van der Waals surface area contributed by atoms with E-state index in [4.69, 9.17) is 10.4 Å². The van der Waals surface area contributed by atoms with Gasteiger partial charge in [-0.3, -0.25) is 4.55 Å². The van der Waals surface area contributed by atoms with E-state index in [1.54, 1.807) is 0 Å². The lowest BCUT2D eigenvalue weighted by atomic mass is 10.3. The van der Waals surface area contributed by atoms with Gasteiger partial charge in [-0.15, -0.1) is 0 Å². The number of benzene rings is 1. The second kappa shape index (κ2) is 3.95. The Morgan fingerprint density at radius 1 is 1.36 bits per heavy atom. The molecule has 0 atom stereocenters. The Hall–Kier alpha value is -1.11.